The van der Waals surface area contributed by atoms with Crippen molar-refractivity contribution in [1.29, 1.82) is 0 Å². The third-order valence-corrected chi connectivity index (χ3v) is 6.43. The smallest absolute Gasteiger partial charge is 0.236 e. The van der Waals surface area contributed by atoms with E-state index in [0.717, 1.165) is 22.7 Å². The summed E-state index contributed by atoms with van der Waals surface area (Å²) in [6.07, 6.45) is 0. The van der Waals surface area contributed by atoms with Crippen LogP contribution in [0.15, 0.2) is 65.8 Å². The van der Waals surface area contributed by atoms with Gasteiger partial charge in [0.15, 0.2) is 11.0 Å². The molecular weight excluding hydrogens is 460 g/mol. The van der Waals surface area contributed by atoms with Gasteiger partial charge in [-0.15, -0.1) is 10.2 Å². The van der Waals surface area contributed by atoms with Gasteiger partial charge in [-0.1, -0.05) is 62.9 Å². The fraction of sp³-hybridized carbons (Fsp3) is 0.308. The number of hydrogen-bond acceptors (Lipinski definition) is 6. The zero-order chi connectivity index (χ0) is 25.0. The van der Waals surface area contributed by atoms with E-state index in [4.69, 9.17) is 9.84 Å². The summed E-state index contributed by atoms with van der Waals surface area (Å²) in [5.74, 6) is 2.13. The molecule has 4 aromatic rings. The molecule has 0 unspecified atom stereocenters. The number of carbonyl (C=O) groups is 1. The standard InChI is InChI=1S/C26H30N6O2S/c1-6-31-24(19-14-10-11-15-20(19)34-5)28-29-25(31)35-17-23(33)27-22-16-21(26(2,3)4)30-32(22)18-12-8-7-9-13-18/h7-16H,6,17H2,1-5H3,(H,27,33). The molecule has 1 amide bonds. The van der Waals surface area contributed by atoms with Gasteiger partial charge in [0.1, 0.15) is 11.6 Å². The lowest BCUT2D eigenvalue weighted by molar-refractivity contribution is -0.113. The first kappa shape index (κ1) is 24.5. The molecule has 0 aliphatic carbocycles. The van der Waals surface area contributed by atoms with Crippen molar-refractivity contribution in [2.45, 2.75) is 44.8 Å². The van der Waals surface area contributed by atoms with Gasteiger partial charge in [-0.2, -0.15) is 5.10 Å². The molecule has 0 aliphatic rings. The van der Waals surface area contributed by atoms with Crippen LogP contribution in [0.3, 0.4) is 0 Å². The first-order valence-corrected chi connectivity index (χ1v) is 12.5. The summed E-state index contributed by atoms with van der Waals surface area (Å²) in [5, 5.41) is 17.2. The van der Waals surface area contributed by atoms with Gasteiger partial charge in [-0.3, -0.25) is 4.79 Å². The lowest BCUT2D eigenvalue weighted by Crippen LogP contribution is -2.17. The molecule has 8 nitrogen and oxygen atoms in total. The summed E-state index contributed by atoms with van der Waals surface area (Å²) in [5.41, 5.74) is 2.50. The second-order valence-electron chi connectivity index (χ2n) is 9.00. The average Bonchev–Trinajstić information content (AvgIpc) is 3.47. The molecule has 0 saturated carbocycles. The minimum absolute atomic E-state index is 0.142. The Morgan fingerprint density at radius 2 is 1.77 bits per heavy atom. The highest BCUT2D eigenvalue weighted by molar-refractivity contribution is 7.99. The van der Waals surface area contributed by atoms with E-state index in [9.17, 15) is 4.79 Å². The van der Waals surface area contributed by atoms with Crippen molar-refractivity contribution < 1.29 is 9.53 Å². The predicted octanol–water partition coefficient (Wildman–Crippen LogP) is 5.19. The second-order valence-corrected chi connectivity index (χ2v) is 9.94. The zero-order valence-electron chi connectivity index (χ0n) is 20.6. The Morgan fingerprint density at radius 1 is 1.06 bits per heavy atom. The van der Waals surface area contributed by atoms with Gasteiger partial charge in [-0.25, -0.2) is 4.68 Å². The number of anilines is 1. The molecule has 182 valence electrons. The van der Waals surface area contributed by atoms with Gasteiger partial charge in [-0.05, 0) is 31.2 Å². The maximum absolute atomic E-state index is 13.0. The maximum Gasteiger partial charge on any atom is 0.236 e. The van der Waals surface area contributed by atoms with E-state index < -0.39 is 0 Å². The van der Waals surface area contributed by atoms with Gasteiger partial charge < -0.3 is 14.6 Å². The van der Waals surface area contributed by atoms with Crippen LogP contribution < -0.4 is 10.1 Å². The van der Waals surface area contributed by atoms with Gasteiger partial charge in [0.2, 0.25) is 5.91 Å². The number of thioether (sulfide) groups is 1. The Kier molecular flexibility index (Phi) is 7.25. The van der Waals surface area contributed by atoms with Crippen LogP contribution in [-0.4, -0.2) is 43.3 Å². The summed E-state index contributed by atoms with van der Waals surface area (Å²) in [6.45, 7) is 8.99. The second kappa shape index (κ2) is 10.4. The molecule has 0 fully saturated rings. The first-order chi connectivity index (χ1) is 16.8. The summed E-state index contributed by atoms with van der Waals surface area (Å²) in [7, 11) is 1.64. The van der Waals surface area contributed by atoms with Crippen LogP contribution in [0.2, 0.25) is 0 Å². The third kappa shape index (κ3) is 5.40. The number of nitrogens with zero attached hydrogens (tertiary/aromatic N) is 5. The number of rotatable bonds is 8. The number of ether oxygens (including phenoxy) is 1. The lowest BCUT2D eigenvalue weighted by atomic mass is 9.92. The Hall–Kier alpha value is -3.59. The minimum Gasteiger partial charge on any atom is -0.496 e. The Bertz CT molecular complexity index is 1310. The number of benzene rings is 2. The van der Waals surface area contributed by atoms with Crippen LogP contribution in [0.5, 0.6) is 5.75 Å². The van der Waals surface area contributed by atoms with E-state index in [0.29, 0.717) is 23.3 Å². The number of amides is 1. The van der Waals surface area contributed by atoms with Crippen LogP contribution in [0.4, 0.5) is 5.82 Å². The van der Waals surface area contributed by atoms with E-state index >= 15 is 0 Å². The molecule has 0 aliphatic heterocycles. The molecule has 0 bridgehead atoms. The minimum atomic E-state index is -0.152. The molecule has 0 saturated heterocycles. The molecule has 1 N–H and O–H groups in total. The first-order valence-electron chi connectivity index (χ1n) is 11.5. The van der Waals surface area contributed by atoms with Crippen LogP contribution in [0.25, 0.3) is 17.1 Å². The largest absolute Gasteiger partial charge is 0.496 e. The van der Waals surface area contributed by atoms with Crippen molar-refractivity contribution in [2.24, 2.45) is 0 Å². The SMILES string of the molecule is CCn1c(SCC(=O)Nc2cc(C(C)(C)C)nn2-c2ccccc2)nnc1-c1ccccc1OC. The molecule has 2 aromatic carbocycles. The van der Waals surface area contributed by atoms with Crippen molar-refractivity contribution in [3.05, 3.63) is 66.4 Å². The van der Waals surface area contributed by atoms with Crippen molar-refractivity contribution in [3.8, 4) is 22.8 Å². The monoisotopic (exact) mass is 490 g/mol. The van der Waals surface area contributed by atoms with E-state index in [1.165, 1.54) is 11.8 Å². The number of para-hydroxylation sites is 2. The average molecular weight is 491 g/mol. The highest BCUT2D eigenvalue weighted by Gasteiger charge is 2.22. The summed E-state index contributed by atoms with van der Waals surface area (Å²) < 4.78 is 9.25. The van der Waals surface area contributed by atoms with Crippen LogP contribution in [0, 0.1) is 0 Å². The Morgan fingerprint density at radius 3 is 2.46 bits per heavy atom. The molecule has 4 rings (SSSR count). The highest BCUT2D eigenvalue weighted by atomic mass is 32.2. The Labute approximate surface area is 209 Å². The summed E-state index contributed by atoms with van der Waals surface area (Å²) in [4.78, 5) is 13.0. The number of hydrogen-bond donors (Lipinski definition) is 1. The molecule has 0 atom stereocenters. The van der Waals surface area contributed by atoms with Crippen LogP contribution >= 0.6 is 11.8 Å². The quantitative estimate of drug-likeness (QED) is 0.342. The molecule has 0 radical (unpaired) electrons. The van der Waals surface area contributed by atoms with E-state index in [-0.39, 0.29) is 17.1 Å². The third-order valence-electron chi connectivity index (χ3n) is 5.46. The van der Waals surface area contributed by atoms with E-state index in [1.807, 2.05) is 72.2 Å². The fourth-order valence-corrected chi connectivity index (χ4v) is 4.42. The predicted molar refractivity (Wildman–Crippen MR) is 139 cm³/mol. The van der Waals surface area contributed by atoms with Gasteiger partial charge in [0.25, 0.3) is 0 Å². The van der Waals surface area contributed by atoms with Crippen molar-refractivity contribution in [2.75, 3.05) is 18.2 Å². The van der Waals surface area contributed by atoms with Crippen molar-refractivity contribution in [1.82, 2.24) is 24.5 Å². The summed E-state index contributed by atoms with van der Waals surface area (Å²) in [6, 6.07) is 19.4. The zero-order valence-corrected chi connectivity index (χ0v) is 21.5. The molecule has 2 aromatic heterocycles. The molecule has 0 spiro atoms. The van der Waals surface area contributed by atoms with Crippen molar-refractivity contribution in [3.63, 3.8) is 0 Å². The van der Waals surface area contributed by atoms with Gasteiger partial charge in [0, 0.05) is 18.0 Å². The number of carbonyl (C=O) groups excluding carboxylic acids is 1. The number of methoxy groups -OCH3 is 1. The normalized spacial score (nSPS) is 11.5. The van der Waals surface area contributed by atoms with Crippen LogP contribution in [-0.2, 0) is 16.8 Å². The Balaban J connectivity index is 1.53. The topological polar surface area (TPSA) is 86.9 Å². The summed E-state index contributed by atoms with van der Waals surface area (Å²) >= 11 is 1.35. The number of aromatic nitrogens is 5. The highest BCUT2D eigenvalue weighted by Crippen LogP contribution is 2.31. The molecule has 35 heavy (non-hydrogen) atoms. The van der Waals surface area contributed by atoms with E-state index in [2.05, 4.69) is 36.3 Å². The molecular formula is C26H30N6O2S. The molecule has 2 heterocycles. The van der Waals surface area contributed by atoms with Crippen molar-refractivity contribution >= 4 is 23.5 Å². The van der Waals surface area contributed by atoms with Gasteiger partial charge in [0.05, 0.1) is 29.8 Å². The lowest BCUT2D eigenvalue weighted by Gasteiger charge is -2.14. The molecule has 9 heteroatoms. The van der Waals surface area contributed by atoms with E-state index in [1.54, 1.807) is 11.8 Å². The van der Waals surface area contributed by atoms with Crippen LogP contribution in [0.1, 0.15) is 33.4 Å². The fourth-order valence-electron chi connectivity index (χ4n) is 3.62. The van der Waals surface area contributed by atoms with Gasteiger partial charge >= 0.3 is 0 Å². The number of nitrogens with one attached hydrogen (secondary N) is 1. The maximum atomic E-state index is 13.0.